The van der Waals surface area contributed by atoms with E-state index >= 15 is 0 Å². The molecular formula is C19H24N2O2S. The van der Waals surface area contributed by atoms with Crippen LogP contribution >= 0.6 is 11.3 Å². The first-order valence-corrected chi connectivity index (χ1v) is 9.28. The highest BCUT2D eigenvalue weighted by Gasteiger charge is 2.23. The number of aryl methyl sites for hydroxylation is 1. The lowest BCUT2D eigenvalue weighted by atomic mass is 10.0. The summed E-state index contributed by atoms with van der Waals surface area (Å²) in [6.45, 7) is 6.04. The minimum Gasteiger partial charge on any atom is -0.379 e. The zero-order valence-electron chi connectivity index (χ0n) is 14.0. The van der Waals surface area contributed by atoms with E-state index in [-0.39, 0.29) is 11.9 Å². The number of hydrogen-bond donors (Lipinski definition) is 1. The van der Waals surface area contributed by atoms with Crippen molar-refractivity contribution in [3.63, 3.8) is 0 Å². The van der Waals surface area contributed by atoms with Crippen LogP contribution in [0.4, 0.5) is 0 Å². The summed E-state index contributed by atoms with van der Waals surface area (Å²) < 4.78 is 5.47. The Morgan fingerprint density at radius 1 is 1.25 bits per heavy atom. The maximum atomic E-state index is 12.2. The van der Waals surface area contributed by atoms with E-state index in [2.05, 4.69) is 41.4 Å². The van der Waals surface area contributed by atoms with E-state index in [1.807, 2.05) is 17.5 Å². The zero-order valence-corrected chi connectivity index (χ0v) is 14.8. The topological polar surface area (TPSA) is 41.6 Å². The first kappa shape index (κ1) is 17.1. The summed E-state index contributed by atoms with van der Waals surface area (Å²) >= 11 is 1.62. The van der Waals surface area contributed by atoms with Gasteiger partial charge >= 0.3 is 0 Å². The summed E-state index contributed by atoms with van der Waals surface area (Å²) in [6.07, 6.45) is 0.460. The van der Waals surface area contributed by atoms with Gasteiger partial charge in [-0.15, -0.1) is 11.3 Å². The van der Waals surface area contributed by atoms with Crippen LogP contribution in [0.5, 0.6) is 0 Å². The molecule has 1 aromatic heterocycles. The fourth-order valence-electron chi connectivity index (χ4n) is 2.98. The van der Waals surface area contributed by atoms with Crippen LogP contribution < -0.4 is 5.32 Å². The molecule has 128 valence electrons. The van der Waals surface area contributed by atoms with Gasteiger partial charge in [0, 0.05) is 24.5 Å². The van der Waals surface area contributed by atoms with Crippen molar-refractivity contribution in [1.82, 2.24) is 10.2 Å². The van der Waals surface area contributed by atoms with Crippen LogP contribution in [-0.2, 0) is 16.0 Å². The molecule has 1 amide bonds. The number of carbonyl (C=O) groups is 1. The van der Waals surface area contributed by atoms with Crippen molar-refractivity contribution in [1.29, 1.82) is 0 Å². The summed E-state index contributed by atoms with van der Waals surface area (Å²) in [7, 11) is 0. The molecule has 1 aliphatic rings. The van der Waals surface area contributed by atoms with Crippen molar-refractivity contribution < 1.29 is 9.53 Å². The highest BCUT2D eigenvalue weighted by atomic mass is 32.1. The van der Waals surface area contributed by atoms with Crippen LogP contribution in [0, 0.1) is 6.92 Å². The molecule has 0 radical (unpaired) electrons. The molecule has 1 unspecified atom stereocenters. The SMILES string of the molecule is Cc1ccc(C(CNC(=O)Cc2cccs2)N2CCOCC2)cc1. The second-order valence-electron chi connectivity index (χ2n) is 6.14. The van der Waals surface area contributed by atoms with Crippen LogP contribution in [0.25, 0.3) is 0 Å². The first-order chi connectivity index (χ1) is 11.7. The van der Waals surface area contributed by atoms with E-state index in [9.17, 15) is 4.79 Å². The predicted molar refractivity (Wildman–Crippen MR) is 97.3 cm³/mol. The molecule has 2 heterocycles. The minimum absolute atomic E-state index is 0.0859. The number of benzene rings is 1. The Morgan fingerprint density at radius 3 is 2.67 bits per heavy atom. The molecule has 1 fully saturated rings. The molecular weight excluding hydrogens is 320 g/mol. The Morgan fingerprint density at radius 2 is 2.00 bits per heavy atom. The number of ether oxygens (including phenoxy) is 1. The van der Waals surface area contributed by atoms with Crippen molar-refractivity contribution in [2.75, 3.05) is 32.8 Å². The third-order valence-electron chi connectivity index (χ3n) is 4.36. The number of nitrogens with one attached hydrogen (secondary N) is 1. The van der Waals surface area contributed by atoms with Crippen molar-refractivity contribution in [2.24, 2.45) is 0 Å². The Kier molecular flexibility index (Phi) is 6.01. The molecule has 3 rings (SSSR count). The average molecular weight is 344 g/mol. The van der Waals surface area contributed by atoms with Gasteiger partial charge in [0.25, 0.3) is 0 Å². The van der Waals surface area contributed by atoms with E-state index in [0.717, 1.165) is 31.2 Å². The summed E-state index contributed by atoms with van der Waals surface area (Å²) in [4.78, 5) is 15.7. The molecule has 0 aliphatic carbocycles. The Labute approximate surface area is 147 Å². The number of hydrogen-bond acceptors (Lipinski definition) is 4. The monoisotopic (exact) mass is 344 g/mol. The Hall–Kier alpha value is -1.69. The van der Waals surface area contributed by atoms with Gasteiger partial charge in [0.1, 0.15) is 0 Å². The highest BCUT2D eigenvalue weighted by Crippen LogP contribution is 2.22. The van der Waals surface area contributed by atoms with Gasteiger partial charge in [-0.3, -0.25) is 9.69 Å². The number of nitrogens with zero attached hydrogens (tertiary/aromatic N) is 1. The van der Waals surface area contributed by atoms with Crippen molar-refractivity contribution in [2.45, 2.75) is 19.4 Å². The van der Waals surface area contributed by atoms with Crippen LogP contribution in [0.2, 0.25) is 0 Å². The quantitative estimate of drug-likeness (QED) is 0.876. The van der Waals surface area contributed by atoms with Crippen molar-refractivity contribution in [3.8, 4) is 0 Å². The lowest BCUT2D eigenvalue weighted by Gasteiger charge is -2.35. The Bertz CT molecular complexity index is 634. The fourth-order valence-corrected chi connectivity index (χ4v) is 3.68. The van der Waals surface area contributed by atoms with Gasteiger partial charge < -0.3 is 10.1 Å². The lowest BCUT2D eigenvalue weighted by Crippen LogP contribution is -2.44. The normalized spacial score (nSPS) is 16.7. The molecule has 5 heteroatoms. The molecule has 4 nitrogen and oxygen atoms in total. The molecule has 1 aliphatic heterocycles. The van der Waals surface area contributed by atoms with Crippen LogP contribution in [0.3, 0.4) is 0 Å². The number of rotatable bonds is 6. The third-order valence-corrected chi connectivity index (χ3v) is 5.23. The fraction of sp³-hybridized carbons (Fsp3) is 0.421. The lowest BCUT2D eigenvalue weighted by molar-refractivity contribution is -0.120. The molecule has 0 saturated carbocycles. The minimum atomic E-state index is 0.0859. The molecule has 0 spiro atoms. The third kappa shape index (κ3) is 4.66. The zero-order chi connectivity index (χ0) is 16.8. The van der Waals surface area contributed by atoms with E-state index in [4.69, 9.17) is 4.74 Å². The largest absolute Gasteiger partial charge is 0.379 e. The first-order valence-electron chi connectivity index (χ1n) is 8.40. The van der Waals surface area contributed by atoms with Crippen LogP contribution in [-0.4, -0.2) is 43.7 Å². The summed E-state index contributed by atoms with van der Waals surface area (Å²) in [5, 5.41) is 5.12. The maximum absolute atomic E-state index is 12.2. The molecule has 2 aromatic rings. The van der Waals surface area contributed by atoms with Gasteiger partial charge in [-0.2, -0.15) is 0 Å². The molecule has 1 aromatic carbocycles. The second kappa shape index (κ2) is 8.42. The van der Waals surface area contributed by atoms with Gasteiger partial charge in [-0.25, -0.2) is 0 Å². The molecule has 24 heavy (non-hydrogen) atoms. The van der Waals surface area contributed by atoms with Gasteiger partial charge in [-0.1, -0.05) is 35.9 Å². The number of thiophene rings is 1. The number of amides is 1. The summed E-state index contributed by atoms with van der Waals surface area (Å²) in [5.74, 6) is 0.0859. The van der Waals surface area contributed by atoms with Gasteiger partial charge in [-0.05, 0) is 23.9 Å². The van der Waals surface area contributed by atoms with E-state index in [0.29, 0.717) is 13.0 Å². The standard InChI is InChI=1S/C19H24N2O2S/c1-15-4-6-16(7-5-15)18(21-8-10-23-11-9-21)14-20-19(22)13-17-3-2-12-24-17/h2-7,12,18H,8-11,13-14H2,1H3,(H,20,22). The van der Waals surface area contributed by atoms with Gasteiger partial charge in [0.05, 0.1) is 25.7 Å². The van der Waals surface area contributed by atoms with Crippen molar-refractivity contribution >= 4 is 17.2 Å². The average Bonchev–Trinajstić information content (AvgIpc) is 3.10. The van der Waals surface area contributed by atoms with Gasteiger partial charge in [0.2, 0.25) is 5.91 Å². The van der Waals surface area contributed by atoms with E-state index in [1.165, 1.54) is 11.1 Å². The number of morpholine rings is 1. The van der Waals surface area contributed by atoms with E-state index in [1.54, 1.807) is 11.3 Å². The Balaban J connectivity index is 1.65. The summed E-state index contributed by atoms with van der Waals surface area (Å²) in [6, 6.07) is 12.8. The molecule has 1 atom stereocenters. The van der Waals surface area contributed by atoms with Crippen LogP contribution in [0.15, 0.2) is 41.8 Å². The second-order valence-corrected chi connectivity index (χ2v) is 7.17. The maximum Gasteiger partial charge on any atom is 0.225 e. The summed E-state index contributed by atoms with van der Waals surface area (Å²) in [5.41, 5.74) is 2.50. The molecule has 0 bridgehead atoms. The predicted octanol–water partition coefficient (Wildman–Crippen LogP) is 2.79. The van der Waals surface area contributed by atoms with Crippen molar-refractivity contribution in [3.05, 3.63) is 57.8 Å². The van der Waals surface area contributed by atoms with Crippen LogP contribution in [0.1, 0.15) is 22.0 Å². The highest BCUT2D eigenvalue weighted by molar-refractivity contribution is 7.10. The molecule has 1 saturated heterocycles. The molecule has 1 N–H and O–H groups in total. The number of carbonyl (C=O) groups excluding carboxylic acids is 1. The van der Waals surface area contributed by atoms with Gasteiger partial charge in [0.15, 0.2) is 0 Å². The van der Waals surface area contributed by atoms with E-state index < -0.39 is 0 Å². The smallest absolute Gasteiger partial charge is 0.225 e.